The van der Waals surface area contributed by atoms with Crippen molar-refractivity contribution in [1.82, 2.24) is 5.32 Å². The molecular formula is C18H27ClN2O4S. The van der Waals surface area contributed by atoms with Crippen LogP contribution in [0.25, 0.3) is 0 Å². The standard InChI is InChI=1S/C18H26N2O4S.ClH/c1-17(2,3)15(21)13-5-7-14(8-6-13)20-16(22)18(25(4,23)24)9-11-19-12-10-18;/h5-8,19H,9-12H2,1-4H3,(H,20,22);1H. The number of carbonyl (C=O) groups excluding carboxylic acids is 2. The first-order valence-corrected chi connectivity index (χ1v) is 10.2. The van der Waals surface area contributed by atoms with Gasteiger partial charge in [-0.25, -0.2) is 8.42 Å². The van der Waals surface area contributed by atoms with Gasteiger partial charge in [0.25, 0.3) is 0 Å². The number of hydrogen-bond donors (Lipinski definition) is 2. The molecule has 2 N–H and O–H groups in total. The Bertz CT molecular complexity index is 761. The summed E-state index contributed by atoms with van der Waals surface area (Å²) in [5.74, 6) is -0.497. The lowest BCUT2D eigenvalue weighted by molar-refractivity contribution is -0.119. The molecule has 8 heteroatoms. The summed E-state index contributed by atoms with van der Waals surface area (Å²) >= 11 is 0. The van der Waals surface area contributed by atoms with Crippen LogP contribution in [0.3, 0.4) is 0 Å². The van der Waals surface area contributed by atoms with E-state index < -0.39 is 25.9 Å². The highest BCUT2D eigenvalue weighted by atomic mass is 35.5. The van der Waals surface area contributed by atoms with E-state index in [0.717, 1.165) is 6.26 Å². The topological polar surface area (TPSA) is 92.3 Å². The van der Waals surface area contributed by atoms with Gasteiger partial charge in [0.05, 0.1) is 0 Å². The Morgan fingerprint density at radius 3 is 2.00 bits per heavy atom. The van der Waals surface area contributed by atoms with Gasteiger partial charge >= 0.3 is 0 Å². The summed E-state index contributed by atoms with van der Waals surface area (Å²) in [5, 5.41) is 5.79. The predicted molar refractivity (Wildman–Crippen MR) is 106 cm³/mol. The number of rotatable bonds is 4. The van der Waals surface area contributed by atoms with E-state index in [9.17, 15) is 18.0 Å². The molecule has 0 radical (unpaired) electrons. The quantitative estimate of drug-likeness (QED) is 0.754. The van der Waals surface area contributed by atoms with Gasteiger partial charge in [-0.05, 0) is 50.2 Å². The van der Waals surface area contributed by atoms with Gasteiger partial charge in [0.15, 0.2) is 20.4 Å². The number of amides is 1. The Hall–Kier alpha value is -1.44. The van der Waals surface area contributed by atoms with E-state index in [0.29, 0.717) is 24.3 Å². The van der Waals surface area contributed by atoms with Crippen LogP contribution in [0.1, 0.15) is 44.0 Å². The van der Waals surface area contributed by atoms with Crippen LogP contribution in [0.2, 0.25) is 0 Å². The summed E-state index contributed by atoms with van der Waals surface area (Å²) in [6.07, 6.45) is 1.61. The van der Waals surface area contributed by atoms with Crippen molar-refractivity contribution in [3.8, 4) is 0 Å². The number of halogens is 1. The van der Waals surface area contributed by atoms with Gasteiger partial charge in [-0.2, -0.15) is 0 Å². The molecule has 1 aliphatic heterocycles. The zero-order valence-electron chi connectivity index (χ0n) is 15.6. The van der Waals surface area contributed by atoms with Crippen LogP contribution in [-0.2, 0) is 14.6 Å². The number of benzene rings is 1. The van der Waals surface area contributed by atoms with Gasteiger partial charge in [0.2, 0.25) is 5.91 Å². The Balaban J connectivity index is 0.00000338. The highest BCUT2D eigenvalue weighted by molar-refractivity contribution is 7.92. The molecule has 1 aromatic rings. The fourth-order valence-electron chi connectivity index (χ4n) is 2.98. The van der Waals surface area contributed by atoms with Crippen LogP contribution >= 0.6 is 12.4 Å². The molecule has 1 heterocycles. The lowest BCUT2D eigenvalue weighted by Gasteiger charge is -2.34. The van der Waals surface area contributed by atoms with Gasteiger partial charge in [-0.1, -0.05) is 20.8 Å². The Kier molecular flexibility index (Phi) is 7.01. The fourth-order valence-corrected chi connectivity index (χ4v) is 4.31. The molecule has 6 nitrogen and oxygen atoms in total. The van der Waals surface area contributed by atoms with Crippen LogP contribution < -0.4 is 10.6 Å². The normalized spacial score (nSPS) is 17.1. The lowest BCUT2D eigenvalue weighted by Crippen LogP contribution is -2.55. The van der Waals surface area contributed by atoms with Crippen molar-refractivity contribution in [3.05, 3.63) is 29.8 Å². The molecule has 0 aliphatic carbocycles. The van der Waals surface area contributed by atoms with Gasteiger partial charge in [-0.3, -0.25) is 9.59 Å². The van der Waals surface area contributed by atoms with E-state index in [2.05, 4.69) is 10.6 Å². The number of carbonyl (C=O) groups is 2. The maximum Gasteiger partial charge on any atom is 0.245 e. The Morgan fingerprint density at radius 2 is 1.58 bits per heavy atom. The second kappa shape index (κ2) is 8.06. The van der Waals surface area contributed by atoms with E-state index in [1.807, 2.05) is 20.8 Å². The maximum absolute atomic E-state index is 12.7. The van der Waals surface area contributed by atoms with Crippen molar-refractivity contribution in [3.63, 3.8) is 0 Å². The first-order chi connectivity index (χ1) is 11.5. The molecule has 1 amide bonds. The van der Waals surface area contributed by atoms with Crippen molar-refractivity contribution in [2.45, 2.75) is 38.4 Å². The second-order valence-electron chi connectivity index (χ2n) is 7.63. The number of anilines is 1. The summed E-state index contributed by atoms with van der Waals surface area (Å²) in [7, 11) is -3.55. The summed E-state index contributed by atoms with van der Waals surface area (Å²) in [4.78, 5) is 25.0. The molecule has 26 heavy (non-hydrogen) atoms. The maximum atomic E-state index is 12.7. The van der Waals surface area contributed by atoms with Crippen molar-refractivity contribution >= 4 is 39.6 Å². The molecule has 1 aliphatic rings. The summed E-state index contributed by atoms with van der Waals surface area (Å²) in [6.45, 7) is 6.51. The molecule has 0 unspecified atom stereocenters. The number of nitrogens with one attached hydrogen (secondary N) is 2. The van der Waals surface area contributed by atoms with Crippen molar-refractivity contribution in [1.29, 1.82) is 0 Å². The summed E-state index contributed by atoms with van der Waals surface area (Å²) in [6, 6.07) is 6.57. The summed E-state index contributed by atoms with van der Waals surface area (Å²) < 4.78 is 23.1. The van der Waals surface area contributed by atoms with E-state index in [1.54, 1.807) is 24.3 Å². The van der Waals surface area contributed by atoms with Crippen LogP contribution in [0.15, 0.2) is 24.3 Å². The molecular weight excluding hydrogens is 376 g/mol. The minimum absolute atomic E-state index is 0. The lowest BCUT2D eigenvalue weighted by atomic mass is 9.86. The van der Waals surface area contributed by atoms with Gasteiger partial charge in [0, 0.05) is 22.9 Å². The van der Waals surface area contributed by atoms with Crippen LogP contribution in [0.4, 0.5) is 5.69 Å². The zero-order chi connectivity index (χ0) is 18.9. The molecule has 0 bridgehead atoms. The molecule has 0 atom stereocenters. The predicted octanol–water partition coefficient (Wildman–Crippen LogP) is 2.44. The molecule has 0 spiro atoms. The molecule has 2 rings (SSSR count). The highest BCUT2D eigenvalue weighted by Gasteiger charge is 2.48. The average molecular weight is 403 g/mol. The molecule has 0 saturated carbocycles. The molecule has 1 aromatic carbocycles. The second-order valence-corrected chi connectivity index (χ2v) is 9.95. The number of ketones is 1. The molecule has 146 valence electrons. The zero-order valence-corrected chi connectivity index (χ0v) is 17.2. The van der Waals surface area contributed by atoms with Crippen LogP contribution in [0.5, 0.6) is 0 Å². The summed E-state index contributed by atoms with van der Waals surface area (Å²) in [5.41, 5.74) is 0.558. The first-order valence-electron chi connectivity index (χ1n) is 8.34. The third-order valence-electron chi connectivity index (χ3n) is 4.62. The van der Waals surface area contributed by atoms with Gasteiger partial charge in [0.1, 0.15) is 0 Å². The highest BCUT2D eigenvalue weighted by Crippen LogP contribution is 2.30. The molecule has 1 saturated heterocycles. The van der Waals surface area contributed by atoms with Gasteiger partial charge < -0.3 is 10.6 Å². The number of Topliss-reactive ketones (excluding diaryl/α,β-unsaturated/α-hetero) is 1. The first kappa shape index (κ1) is 22.6. The van der Waals surface area contributed by atoms with Crippen molar-refractivity contribution < 1.29 is 18.0 Å². The van der Waals surface area contributed by atoms with Crippen LogP contribution in [0, 0.1) is 5.41 Å². The van der Waals surface area contributed by atoms with Crippen molar-refractivity contribution in [2.24, 2.45) is 5.41 Å². The van der Waals surface area contributed by atoms with E-state index in [1.165, 1.54) is 0 Å². The average Bonchev–Trinajstić information content (AvgIpc) is 2.53. The number of sulfone groups is 1. The minimum atomic E-state index is -3.55. The van der Waals surface area contributed by atoms with Gasteiger partial charge in [-0.15, -0.1) is 12.4 Å². The van der Waals surface area contributed by atoms with E-state index >= 15 is 0 Å². The monoisotopic (exact) mass is 402 g/mol. The largest absolute Gasteiger partial charge is 0.325 e. The minimum Gasteiger partial charge on any atom is -0.325 e. The smallest absolute Gasteiger partial charge is 0.245 e. The van der Waals surface area contributed by atoms with E-state index in [-0.39, 0.29) is 31.0 Å². The Morgan fingerprint density at radius 1 is 1.08 bits per heavy atom. The van der Waals surface area contributed by atoms with Crippen LogP contribution in [-0.4, -0.2) is 44.2 Å². The Labute approximate surface area is 161 Å². The third kappa shape index (κ3) is 4.64. The molecule has 1 fully saturated rings. The van der Waals surface area contributed by atoms with Crippen molar-refractivity contribution in [2.75, 3.05) is 24.7 Å². The number of piperidine rings is 1. The molecule has 0 aromatic heterocycles. The van der Waals surface area contributed by atoms with E-state index in [4.69, 9.17) is 0 Å². The fraction of sp³-hybridized carbons (Fsp3) is 0.556. The SMILES string of the molecule is CC(C)(C)C(=O)c1ccc(NC(=O)C2(S(C)(=O)=O)CCNCC2)cc1.Cl. The third-order valence-corrected chi connectivity index (χ3v) is 6.63. The number of hydrogen-bond acceptors (Lipinski definition) is 5.